The maximum atomic E-state index is 11.3. The predicted molar refractivity (Wildman–Crippen MR) is 66.7 cm³/mol. The van der Waals surface area contributed by atoms with Crippen LogP contribution in [0.2, 0.25) is 0 Å². The molecule has 3 atom stereocenters. The molecule has 1 fully saturated rings. The highest BCUT2D eigenvalue weighted by Crippen LogP contribution is 2.10. The van der Waals surface area contributed by atoms with Crippen molar-refractivity contribution in [2.45, 2.75) is 38.0 Å². The second kappa shape index (κ2) is 6.61. The summed E-state index contributed by atoms with van der Waals surface area (Å²) >= 11 is 0. The molecular formula is C11H24N2OS. The van der Waals surface area contributed by atoms with Crippen molar-refractivity contribution in [1.82, 2.24) is 10.2 Å². The van der Waals surface area contributed by atoms with Crippen molar-refractivity contribution in [2.24, 2.45) is 0 Å². The van der Waals surface area contributed by atoms with Crippen molar-refractivity contribution in [3.63, 3.8) is 0 Å². The predicted octanol–water partition coefficient (Wildman–Crippen LogP) is 0.827. The molecule has 0 aromatic carbocycles. The van der Waals surface area contributed by atoms with Crippen LogP contribution in [0.15, 0.2) is 0 Å². The van der Waals surface area contributed by atoms with Gasteiger partial charge in [0.15, 0.2) is 0 Å². The Morgan fingerprint density at radius 3 is 2.93 bits per heavy atom. The third kappa shape index (κ3) is 4.62. The lowest BCUT2D eigenvalue weighted by molar-refractivity contribution is 0.330. The first-order valence-corrected chi connectivity index (χ1v) is 7.53. The Labute approximate surface area is 96.1 Å². The minimum absolute atomic E-state index is 0.301. The van der Waals surface area contributed by atoms with Gasteiger partial charge in [0.1, 0.15) is 0 Å². The van der Waals surface area contributed by atoms with Crippen LogP contribution in [0, 0.1) is 0 Å². The second-order valence-corrected chi connectivity index (χ2v) is 6.31. The molecule has 3 nitrogen and oxygen atoms in total. The molecule has 0 spiro atoms. The molecule has 3 unspecified atom stereocenters. The van der Waals surface area contributed by atoms with E-state index in [1.807, 2.05) is 0 Å². The summed E-state index contributed by atoms with van der Waals surface area (Å²) in [6.07, 6.45) is 4.24. The molecule has 1 heterocycles. The van der Waals surface area contributed by atoms with E-state index in [2.05, 4.69) is 24.1 Å². The normalized spacial score (nSPS) is 26.7. The second-order valence-electron chi connectivity index (χ2n) is 4.51. The van der Waals surface area contributed by atoms with Crippen LogP contribution in [0.1, 0.15) is 26.7 Å². The Bertz CT molecular complexity index is 211. The summed E-state index contributed by atoms with van der Waals surface area (Å²) in [5, 5.41) is 3.85. The molecular weight excluding hydrogens is 208 g/mol. The third-order valence-corrected chi connectivity index (χ3v) is 4.32. The molecule has 0 radical (unpaired) electrons. The summed E-state index contributed by atoms with van der Waals surface area (Å²) in [5.41, 5.74) is 0. The van der Waals surface area contributed by atoms with E-state index in [0.29, 0.717) is 11.3 Å². The van der Waals surface area contributed by atoms with Crippen LogP contribution in [0.5, 0.6) is 0 Å². The largest absolute Gasteiger partial charge is 0.313 e. The van der Waals surface area contributed by atoms with E-state index in [1.165, 1.54) is 12.8 Å². The van der Waals surface area contributed by atoms with Gasteiger partial charge >= 0.3 is 0 Å². The lowest BCUT2D eigenvalue weighted by Gasteiger charge is -2.19. The van der Waals surface area contributed by atoms with Crippen molar-refractivity contribution in [1.29, 1.82) is 0 Å². The highest BCUT2D eigenvalue weighted by atomic mass is 32.2. The summed E-state index contributed by atoms with van der Waals surface area (Å²) in [6.45, 7) is 8.65. The fraction of sp³-hybridized carbons (Fsp3) is 1.00. The number of nitrogens with zero attached hydrogens (tertiary/aromatic N) is 1. The first-order chi connectivity index (χ1) is 7.13. The summed E-state index contributed by atoms with van der Waals surface area (Å²) in [5.74, 6) is 0. The van der Waals surface area contributed by atoms with Gasteiger partial charge in [0.25, 0.3) is 0 Å². The van der Waals surface area contributed by atoms with Crippen molar-refractivity contribution < 1.29 is 4.21 Å². The standard InChI is InChI=1S/C11H24N2OS/c1-4-6-12-11-5-7-13(9-11)8-10(2)15(3)14/h10-12H,4-9H2,1-3H3. The van der Waals surface area contributed by atoms with Gasteiger partial charge in [-0.15, -0.1) is 0 Å². The molecule has 1 aliphatic heterocycles. The third-order valence-electron chi connectivity index (χ3n) is 3.04. The van der Waals surface area contributed by atoms with Crippen molar-refractivity contribution in [3.05, 3.63) is 0 Å². The van der Waals surface area contributed by atoms with E-state index in [9.17, 15) is 4.21 Å². The van der Waals surface area contributed by atoms with Gasteiger partial charge in [0.2, 0.25) is 0 Å². The molecule has 0 saturated carbocycles. The Hall–Kier alpha value is 0.0700. The molecule has 1 aliphatic rings. The number of hydrogen-bond acceptors (Lipinski definition) is 3. The topological polar surface area (TPSA) is 32.3 Å². The zero-order valence-corrected chi connectivity index (χ0v) is 11.0. The van der Waals surface area contributed by atoms with Crippen molar-refractivity contribution in [2.75, 3.05) is 32.4 Å². The molecule has 90 valence electrons. The first-order valence-electron chi connectivity index (χ1n) is 5.91. The van der Waals surface area contributed by atoms with Crippen molar-refractivity contribution in [3.8, 4) is 0 Å². The average molecular weight is 232 g/mol. The van der Waals surface area contributed by atoms with Gasteiger partial charge in [-0.3, -0.25) is 4.21 Å². The molecule has 0 aromatic rings. The fourth-order valence-electron chi connectivity index (χ4n) is 1.98. The smallest absolute Gasteiger partial charge is 0.0444 e. The van der Waals surface area contributed by atoms with Gasteiger partial charge in [-0.2, -0.15) is 0 Å². The van der Waals surface area contributed by atoms with Crippen LogP contribution in [0.4, 0.5) is 0 Å². The lowest BCUT2D eigenvalue weighted by Crippen LogP contribution is -2.36. The summed E-state index contributed by atoms with van der Waals surface area (Å²) < 4.78 is 11.3. The molecule has 15 heavy (non-hydrogen) atoms. The van der Waals surface area contributed by atoms with Gasteiger partial charge in [0.05, 0.1) is 0 Å². The molecule has 4 heteroatoms. The minimum atomic E-state index is -0.685. The molecule has 1 N–H and O–H groups in total. The van der Waals surface area contributed by atoms with E-state index in [0.717, 1.165) is 26.2 Å². The summed E-state index contributed by atoms with van der Waals surface area (Å²) in [4.78, 5) is 2.43. The van der Waals surface area contributed by atoms with Crippen LogP contribution >= 0.6 is 0 Å². The summed E-state index contributed by atoms with van der Waals surface area (Å²) in [7, 11) is -0.685. The number of hydrogen-bond donors (Lipinski definition) is 1. The number of nitrogens with one attached hydrogen (secondary N) is 1. The minimum Gasteiger partial charge on any atom is -0.313 e. The zero-order chi connectivity index (χ0) is 11.3. The van der Waals surface area contributed by atoms with E-state index >= 15 is 0 Å². The molecule has 1 saturated heterocycles. The van der Waals surface area contributed by atoms with Crippen LogP contribution in [0.3, 0.4) is 0 Å². The summed E-state index contributed by atoms with van der Waals surface area (Å²) in [6, 6.07) is 0.655. The number of rotatable bonds is 6. The van der Waals surface area contributed by atoms with E-state index in [1.54, 1.807) is 6.26 Å². The molecule has 0 amide bonds. The van der Waals surface area contributed by atoms with E-state index in [4.69, 9.17) is 0 Å². The quantitative estimate of drug-likeness (QED) is 0.736. The Morgan fingerprint density at radius 2 is 2.33 bits per heavy atom. The van der Waals surface area contributed by atoms with Gasteiger partial charge in [-0.25, -0.2) is 0 Å². The molecule has 0 aliphatic carbocycles. The highest BCUT2D eigenvalue weighted by molar-refractivity contribution is 7.84. The fourth-order valence-corrected chi connectivity index (χ4v) is 2.40. The van der Waals surface area contributed by atoms with E-state index < -0.39 is 10.8 Å². The maximum absolute atomic E-state index is 11.3. The first kappa shape index (κ1) is 13.1. The van der Waals surface area contributed by atoms with Gasteiger partial charge in [0, 0.05) is 41.4 Å². The van der Waals surface area contributed by atoms with Gasteiger partial charge in [-0.1, -0.05) is 6.92 Å². The Kier molecular flexibility index (Phi) is 5.79. The Morgan fingerprint density at radius 1 is 1.60 bits per heavy atom. The molecule has 0 aromatic heterocycles. The van der Waals surface area contributed by atoms with Crippen LogP contribution in [-0.4, -0.2) is 52.8 Å². The number of likely N-dealkylation sites (tertiary alicyclic amines) is 1. The molecule has 1 rings (SSSR count). The van der Waals surface area contributed by atoms with Crippen LogP contribution in [0.25, 0.3) is 0 Å². The Balaban J connectivity index is 2.21. The molecule has 0 bridgehead atoms. The van der Waals surface area contributed by atoms with Crippen LogP contribution < -0.4 is 5.32 Å². The maximum Gasteiger partial charge on any atom is 0.0444 e. The monoisotopic (exact) mass is 232 g/mol. The van der Waals surface area contributed by atoms with E-state index in [-0.39, 0.29) is 0 Å². The lowest BCUT2D eigenvalue weighted by atomic mass is 10.2. The van der Waals surface area contributed by atoms with Gasteiger partial charge < -0.3 is 10.2 Å². The average Bonchev–Trinajstić information content (AvgIpc) is 2.62. The van der Waals surface area contributed by atoms with Crippen molar-refractivity contribution >= 4 is 10.8 Å². The van der Waals surface area contributed by atoms with Crippen LogP contribution in [-0.2, 0) is 10.8 Å². The highest BCUT2D eigenvalue weighted by Gasteiger charge is 2.23. The SMILES string of the molecule is CCCNC1CCN(CC(C)S(C)=O)C1. The zero-order valence-electron chi connectivity index (χ0n) is 10.2. The van der Waals surface area contributed by atoms with Gasteiger partial charge in [-0.05, 0) is 32.9 Å².